The standard InChI is InChI=1S/C21H18ClNO3S/c1-25-19-10-13(15-11-20(24)23-17-8-9-27-21(15)17)6-7-18(19)26-12-14-4-2-3-5-16(14)22/h2-10,15H,11-12H2,1H3,(H,23,24)/t15-/m0/s1. The molecule has 27 heavy (non-hydrogen) atoms. The van der Waals surface area contributed by atoms with Crippen molar-refractivity contribution in [1.82, 2.24) is 0 Å². The predicted octanol–water partition coefficient (Wildman–Crippen LogP) is 5.46. The molecule has 1 aromatic heterocycles. The van der Waals surface area contributed by atoms with Crippen LogP contribution in [-0.4, -0.2) is 13.0 Å². The van der Waals surface area contributed by atoms with Gasteiger partial charge in [0, 0.05) is 27.8 Å². The van der Waals surface area contributed by atoms with E-state index in [4.69, 9.17) is 21.1 Å². The number of carbonyl (C=O) groups excluding carboxylic acids is 1. The lowest BCUT2D eigenvalue weighted by molar-refractivity contribution is -0.116. The SMILES string of the molecule is COc1cc([C@@H]2CC(=O)Nc3ccsc32)ccc1OCc1ccccc1Cl. The van der Waals surface area contributed by atoms with Gasteiger partial charge in [-0.2, -0.15) is 0 Å². The van der Waals surface area contributed by atoms with Gasteiger partial charge in [-0.1, -0.05) is 35.9 Å². The maximum absolute atomic E-state index is 12.0. The van der Waals surface area contributed by atoms with Crippen molar-refractivity contribution in [2.75, 3.05) is 12.4 Å². The van der Waals surface area contributed by atoms with Crippen LogP contribution in [0.5, 0.6) is 11.5 Å². The smallest absolute Gasteiger partial charge is 0.225 e. The number of benzene rings is 2. The molecule has 0 fully saturated rings. The van der Waals surface area contributed by atoms with Crippen LogP contribution in [0.2, 0.25) is 5.02 Å². The second kappa shape index (κ2) is 7.62. The largest absolute Gasteiger partial charge is 0.493 e. The zero-order chi connectivity index (χ0) is 18.8. The average Bonchev–Trinajstić information content (AvgIpc) is 3.15. The van der Waals surface area contributed by atoms with Crippen molar-refractivity contribution in [3.63, 3.8) is 0 Å². The number of amides is 1. The first-order chi connectivity index (χ1) is 13.2. The third-order valence-corrected chi connectivity index (χ3v) is 6.01. The summed E-state index contributed by atoms with van der Waals surface area (Å²) < 4.78 is 11.5. The Morgan fingerprint density at radius 2 is 2.04 bits per heavy atom. The average molecular weight is 400 g/mol. The van der Waals surface area contributed by atoms with Crippen molar-refractivity contribution in [1.29, 1.82) is 0 Å². The summed E-state index contributed by atoms with van der Waals surface area (Å²) in [5.74, 6) is 1.35. The van der Waals surface area contributed by atoms with Gasteiger partial charge in [0.2, 0.25) is 5.91 Å². The second-order valence-electron chi connectivity index (χ2n) is 6.29. The summed E-state index contributed by atoms with van der Waals surface area (Å²) in [7, 11) is 1.62. The van der Waals surface area contributed by atoms with E-state index in [9.17, 15) is 4.79 Å². The lowest BCUT2D eigenvalue weighted by Crippen LogP contribution is -2.21. The van der Waals surface area contributed by atoms with Crippen molar-refractivity contribution in [3.05, 3.63) is 74.9 Å². The summed E-state index contributed by atoms with van der Waals surface area (Å²) >= 11 is 7.85. The van der Waals surface area contributed by atoms with E-state index in [1.807, 2.05) is 53.9 Å². The maximum atomic E-state index is 12.0. The van der Waals surface area contributed by atoms with E-state index in [0.717, 1.165) is 16.8 Å². The van der Waals surface area contributed by atoms with Crippen LogP contribution in [0, 0.1) is 0 Å². The maximum Gasteiger partial charge on any atom is 0.225 e. The Balaban J connectivity index is 1.59. The van der Waals surface area contributed by atoms with E-state index in [0.29, 0.717) is 29.5 Å². The van der Waals surface area contributed by atoms with Gasteiger partial charge in [-0.15, -0.1) is 11.3 Å². The molecule has 0 aliphatic carbocycles. The van der Waals surface area contributed by atoms with Gasteiger partial charge in [-0.05, 0) is 35.2 Å². The molecule has 4 nitrogen and oxygen atoms in total. The highest BCUT2D eigenvalue weighted by Crippen LogP contribution is 2.42. The second-order valence-corrected chi connectivity index (χ2v) is 7.65. The van der Waals surface area contributed by atoms with E-state index in [-0.39, 0.29) is 11.8 Å². The summed E-state index contributed by atoms with van der Waals surface area (Å²) in [4.78, 5) is 13.2. The van der Waals surface area contributed by atoms with Crippen molar-refractivity contribution >= 4 is 34.5 Å². The fraction of sp³-hybridized carbons (Fsp3) is 0.190. The van der Waals surface area contributed by atoms with Crippen LogP contribution < -0.4 is 14.8 Å². The topological polar surface area (TPSA) is 47.6 Å². The molecule has 1 amide bonds. The highest BCUT2D eigenvalue weighted by atomic mass is 35.5. The summed E-state index contributed by atoms with van der Waals surface area (Å²) in [6.07, 6.45) is 0.427. The zero-order valence-corrected chi connectivity index (χ0v) is 16.3. The van der Waals surface area contributed by atoms with Gasteiger partial charge in [0.05, 0.1) is 12.8 Å². The van der Waals surface area contributed by atoms with Gasteiger partial charge in [-0.25, -0.2) is 0 Å². The molecule has 0 saturated heterocycles. The molecule has 1 atom stereocenters. The number of ether oxygens (including phenoxy) is 2. The van der Waals surface area contributed by atoms with E-state index >= 15 is 0 Å². The normalized spacial score (nSPS) is 15.8. The number of carbonyl (C=O) groups is 1. The minimum absolute atomic E-state index is 0.0280. The Kier molecular flexibility index (Phi) is 5.05. The highest BCUT2D eigenvalue weighted by Gasteiger charge is 2.28. The third-order valence-electron chi connectivity index (χ3n) is 4.61. The van der Waals surface area contributed by atoms with E-state index in [1.165, 1.54) is 4.88 Å². The van der Waals surface area contributed by atoms with Gasteiger partial charge in [0.25, 0.3) is 0 Å². The van der Waals surface area contributed by atoms with Crippen LogP contribution in [0.25, 0.3) is 0 Å². The Labute approximate surface area is 166 Å². The first kappa shape index (κ1) is 17.9. The molecule has 1 aliphatic heterocycles. The van der Waals surface area contributed by atoms with Crippen molar-refractivity contribution in [3.8, 4) is 11.5 Å². The molecule has 1 aliphatic rings. The van der Waals surface area contributed by atoms with Gasteiger partial charge in [-0.3, -0.25) is 4.79 Å². The van der Waals surface area contributed by atoms with Crippen LogP contribution in [0.3, 0.4) is 0 Å². The highest BCUT2D eigenvalue weighted by molar-refractivity contribution is 7.10. The minimum atomic E-state index is 0.0280. The molecule has 0 bridgehead atoms. The number of fused-ring (bicyclic) bond motifs is 1. The fourth-order valence-corrected chi connectivity index (χ4v) is 4.40. The van der Waals surface area contributed by atoms with Gasteiger partial charge < -0.3 is 14.8 Å². The Bertz CT molecular complexity index is 985. The Morgan fingerprint density at radius 1 is 1.19 bits per heavy atom. The number of thiophene rings is 1. The van der Waals surface area contributed by atoms with Crippen molar-refractivity contribution < 1.29 is 14.3 Å². The molecular formula is C21H18ClNO3S. The van der Waals surface area contributed by atoms with Crippen molar-refractivity contribution in [2.45, 2.75) is 18.9 Å². The summed E-state index contributed by atoms with van der Waals surface area (Å²) in [6.45, 7) is 0.357. The molecule has 0 saturated carbocycles. The Hall–Kier alpha value is -2.50. The number of methoxy groups -OCH3 is 1. The molecule has 138 valence electrons. The molecule has 0 spiro atoms. The third kappa shape index (κ3) is 3.66. The minimum Gasteiger partial charge on any atom is -0.493 e. The van der Waals surface area contributed by atoms with Crippen LogP contribution in [0.4, 0.5) is 5.69 Å². The number of halogens is 1. The molecule has 1 N–H and O–H groups in total. The monoisotopic (exact) mass is 399 g/mol. The summed E-state index contributed by atoms with van der Waals surface area (Å²) in [6, 6.07) is 15.4. The number of hydrogen-bond donors (Lipinski definition) is 1. The van der Waals surface area contributed by atoms with Crippen LogP contribution in [0.15, 0.2) is 53.9 Å². The Morgan fingerprint density at radius 3 is 2.85 bits per heavy atom. The number of anilines is 1. The van der Waals surface area contributed by atoms with Gasteiger partial charge >= 0.3 is 0 Å². The predicted molar refractivity (Wildman–Crippen MR) is 108 cm³/mol. The molecule has 0 unspecified atom stereocenters. The zero-order valence-electron chi connectivity index (χ0n) is 14.7. The van der Waals surface area contributed by atoms with Crippen molar-refractivity contribution in [2.24, 2.45) is 0 Å². The fourth-order valence-electron chi connectivity index (χ4n) is 3.23. The lowest BCUT2D eigenvalue weighted by Gasteiger charge is -2.23. The van der Waals surface area contributed by atoms with E-state index < -0.39 is 0 Å². The molecule has 6 heteroatoms. The number of nitrogens with one attached hydrogen (secondary N) is 1. The van der Waals surface area contributed by atoms with Crippen LogP contribution in [-0.2, 0) is 11.4 Å². The molecule has 2 heterocycles. The van der Waals surface area contributed by atoms with Crippen LogP contribution >= 0.6 is 22.9 Å². The lowest BCUT2D eigenvalue weighted by atomic mass is 9.90. The van der Waals surface area contributed by atoms with Crippen LogP contribution in [0.1, 0.15) is 28.3 Å². The molecule has 4 rings (SSSR count). The van der Waals surface area contributed by atoms with Gasteiger partial charge in [0.1, 0.15) is 6.61 Å². The molecule has 3 aromatic rings. The molecular weight excluding hydrogens is 382 g/mol. The summed E-state index contributed by atoms with van der Waals surface area (Å²) in [5.41, 5.74) is 2.85. The van der Waals surface area contributed by atoms with E-state index in [1.54, 1.807) is 18.4 Å². The quantitative estimate of drug-likeness (QED) is 0.619. The number of hydrogen-bond acceptors (Lipinski definition) is 4. The first-order valence-electron chi connectivity index (χ1n) is 8.57. The summed E-state index contributed by atoms with van der Waals surface area (Å²) in [5, 5.41) is 5.60. The van der Waals surface area contributed by atoms with E-state index in [2.05, 4.69) is 5.32 Å². The molecule has 0 radical (unpaired) electrons. The first-order valence-corrected chi connectivity index (χ1v) is 9.83. The van der Waals surface area contributed by atoms with Gasteiger partial charge in [0.15, 0.2) is 11.5 Å². The number of rotatable bonds is 5. The molecule has 2 aromatic carbocycles.